The fraction of sp³-hybridized carbons (Fsp3) is 0.793. The number of hydrogen-bond acceptors (Lipinski definition) is 2. The summed E-state index contributed by atoms with van der Waals surface area (Å²) in [5, 5.41) is 21.5. The number of aliphatic hydroxyl groups is 2. The SMILES string of the molecule is CCCCCCCCCCCC[N+](Cc1ccccc1)(CC(O)CCC)CC(O)CCC.[Cl-]. The summed E-state index contributed by atoms with van der Waals surface area (Å²) in [5.41, 5.74) is 1.31. The van der Waals surface area contributed by atoms with Gasteiger partial charge in [0.05, 0.1) is 6.54 Å². The second-order valence-corrected chi connectivity index (χ2v) is 10.1. The molecular weight excluding hydrogens is 430 g/mol. The van der Waals surface area contributed by atoms with Gasteiger partial charge in [-0.2, -0.15) is 0 Å². The highest BCUT2D eigenvalue weighted by Crippen LogP contribution is 2.22. The third kappa shape index (κ3) is 15.8. The molecule has 0 spiro atoms. The molecule has 0 amide bonds. The van der Waals surface area contributed by atoms with E-state index in [9.17, 15) is 10.2 Å². The molecule has 2 N–H and O–H groups in total. The summed E-state index contributed by atoms with van der Waals surface area (Å²) >= 11 is 0. The van der Waals surface area contributed by atoms with Gasteiger partial charge in [0.1, 0.15) is 31.8 Å². The van der Waals surface area contributed by atoms with Crippen LogP contribution in [0.4, 0.5) is 0 Å². The molecule has 0 aliphatic heterocycles. The maximum atomic E-state index is 10.8. The Morgan fingerprint density at radius 1 is 0.636 bits per heavy atom. The predicted octanol–water partition coefficient (Wildman–Crippen LogP) is 4.25. The molecule has 4 heteroatoms. The van der Waals surface area contributed by atoms with Gasteiger partial charge in [-0.15, -0.1) is 0 Å². The minimum absolute atomic E-state index is 0. The molecule has 194 valence electrons. The number of benzene rings is 1. The first-order valence-corrected chi connectivity index (χ1v) is 13.8. The molecule has 0 heterocycles. The molecule has 0 saturated heterocycles. The van der Waals surface area contributed by atoms with Crippen molar-refractivity contribution in [1.82, 2.24) is 0 Å². The third-order valence-corrected chi connectivity index (χ3v) is 6.79. The van der Waals surface area contributed by atoms with Crippen molar-refractivity contribution in [2.75, 3.05) is 19.6 Å². The van der Waals surface area contributed by atoms with Crippen LogP contribution in [0, 0.1) is 0 Å². The Balaban J connectivity index is 0.0000102. The highest BCUT2D eigenvalue weighted by molar-refractivity contribution is 5.13. The van der Waals surface area contributed by atoms with Crippen LogP contribution < -0.4 is 12.4 Å². The largest absolute Gasteiger partial charge is 1.00 e. The van der Waals surface area contributed by atoms with Gasteiger partial charge in [0.2, 0.25) is 0 Å². The molecule has 0 fully saturated rings. The van der Waals surface area contributed by atoms with Crippen LogP contribution in [0.1, 0.15) is 116 Å². The molecule has 0 saturated carbocycles. The smallest absolute Gasteiger partial charge is 0.105 e. The molecule has 1 aromatic rings. The number of hydrogen-bond donors (Lipinski definition) is 2. The van der Waals surface area contributed by atoms with Crippen LogP contribution in [0.15, 0.2) is 30.3 Å². The van der Waals surface area contributed by atoms with Crippen molar-refractivity contribution in [3.05, 3.63) is 35.9 Å². The molecule has 1 aromatic carbocycles. The zero-order valence-corrected chi connectivity index (χ0v) is 22.7. The first kappa shape index (κ1) is 32.4. The van der Waals surface area contributed by atoms with Crippen LogP contribution in [0.25, 0.3) is 0 Å². The lowest BCUT2D eigenvalue weighted by Crippen LogP contribution is -3.00. The van der Waals surface area contributed by atoms with E-state index >= 15 is 0 Å². The third-order valence-electron chi connectivity index (χ3n) is 6.79. The van der Waals surface area contributed by atoms with E-state index in [2.05, 4.69) is 51.1 Å². The van der Waals surface area contributed by atoms with Gasteiger partial charge in [-0.3, -0.25) is 0 Å². The zero-order valence-electron chi connectivity index (χ0n) is 22.0. The molecular formula is C29H54ClNO2. The molecule has 0 aliphatic rings. The van der Waals surface area contributed by atoms with E-state index < -0.39 is 0 Å². The first-order valence-electron chi connectivity index (χ1n) is 13.8. The van der Waals surface area contributed by atoms with Crippen LogP contribution in [0.2, 0.25) is 0 Å². The summed E-state index contributed by atoms with van der Waals surface area (Å²) in [6.45, 7) is 10.0. The van der Waals surface area contributed by atoms with Gasteiger partial charge in [-0.25, -0.2) is 0 Å². The number of halogens is 1. The summed E-state index contributed by atoms with van der Waals surface area (Å²) in [7, 11) is 0. The lowest BCUT2D eigenvalue weighted by atomic mass is 10.0. The average Bonchev–Trinajstić information content (AvgIpc) is 2.76. The first-order chi connectivity index (χ1) is 15.5. The quantitative estimate of drug-likeness (QED) is 0.203. The van der Waals surface area contributed by atoms with Crippen molar-refractivity contribution in [2.45, 2.75) is 129 Å². The summed E-state index contributed by atoms with van der Waals surface area (Å²) in [6.07, 6.45) is 16.5. The Morgan fingerprint density at radius 2 is 1.09 bits per heavy atom. The zero-order chi connectivity index (χ0) is 23.5. The lowest BCUT2D eigenvalue weighted by molar-refractivity contribution is -0.946. The molecule has 3 nitrogen and oxygen atoms in total. The highest BCUT2D eigenvalue weighted by atomic mass is 35.5. The fourth-order valence-corrected chi connectivity index (χ4v) is 5.11. The average molecular weight is 484 g/mol. The van der Waals surface area contributed by atoms with Crippen LogP contribution in [-0.4, -0.2) is 46.5 Å². The van der Waals surface area contributed by atoms with Crippen LogP contribution in [0.3, 0.4) is 0 Å². The van der Waals surface area contributed by atoms with Gasteiger partial charge in [-0.05, 0) is 25.7 Å². The highest BCUT2D eigenvalue weighted by Gasteiger charge is 2.32. The predicted molar refractivity (Wildman–Crippen MR) is 139 cm³/mol. The number of nitrogens with zero attached hydrogens (tertiary/aromatic N) is 1. The van der Waals surface area contributed by atoms with Gasteiger partial charge in [-0.1, -0.05) is 115 Å². The van der Waals surface area contributed by atoms with Gasteiger partial charge < -0.3 is 27.1 Å². The number of quaternary nitrogens is 1. The Bertz CT molecular complexity index is 526. The Hall–Kier alpha value is -0.610. The van der Waals surface area contributed by atoms with Gasteiger partial charge in [0.25, 0.3) is 0 Å². The van der Waals surface area contributed by atoms with E-state index in [1.165, 1.54) is 69.8 Å². The van der Waals surface area contributed by atoms with Crippen molar-refractivity contribution in [1.29, 1.82) is 0 Å². The Kier molecular flexibility index (Phi) is 20.4. The molecule has 1 rings (SSSR count). The molecule has 33 heavy (non-hydrogen) atoms. The van der Waals surface area contributed by atoms with Gasteiger partial charge >= 0.3 is 0 Å². The minimum atomic E-state index is -0.291. The fourth-order valence-electron chi connectivity index (χ4n) is 5.11. The van der Waals surface area contributed by atoms with E-state index in [0.29, 0.717) is 0 Å². The summed E-state index contributed by atoms with van der Waals surface area (Å²) in [6, 6.07) is 10.7. The summed E-state index contributed by atoms with van der Waals surface area (Å²) in [4.78, 5) is 0. The topological polar surface area (TPSA) is 40.5 Å². The van der Waals surface area contributed by atoms with E-state index in [0.717, 1.165) is 56.3 Å². The van der Waals surface area contributed by atoms with E-state index in [4.69, 9.17) is 0 Å². The van der Waals surface area contributed by atoms with Crippen molar-refractivity contribution in [2.24, 2.45) is 0 Å². The van der Waals surface area contributed by atoms with Crippen LogP contribution >= 0.6 is 0 Å². The summed E-state index contributed by atoms with van der Waals surface area (Å²) in [5.74, 6) is 0. The number of rotatable bonds is 21. The van der Waals surface area contributed by atoms with Crippen LogP contribution in [0.5, 0.6) is 0 Å². The molecule has 0 radical (unpaired) electrons. The molecule has 0 aromatic heterocycles. The van der Waals surface area contributed by atoms with Crippen molar-refractivity contribution >= 4 is 0 Å². The maximum absolute atomic E-state index is 10.8. The van der Waals surface area contributed by atoms with Crippen molar-refractivity contribution < 1.29 is 27.1 Å². The molecule has 2 atom stereocenters. The standard InChI is InChI=1S/C29H54NO2.ClH/c1-4-7-8-9-10-11-12-13-14-18-23-30(25-28(31)19-5-2,26-29(32)20-6-3)24-27-21-16-15-17-22-27;/h15-17,21-22,28-29,31-32H,4-14,18-20,23-26H2,1-3H3;1H/q+1;/p-1. The molecule has 2 unspecified atom stereocenters. The van der Waals surface area contributed by atoms with Crippen molar-refractivity contribution in [3.8, 4) is 0 Å². The Morgan fingerprint density at radius 3 is 1.55 bits per heavy atom. The maximum Gasteiger partial charge on any atom is 0.105 e. The Labute approximate surface area is 212 Å². The normalized spacial score (nSPS) is 14.9. The monoisotopic (exact) mass is 483 g/mol. The second-order valence-electron chi connectivity index (χ2n) is 10.1. The van der Waals surface area contributed by atoms with E-state index in [-0.39, 0.29) is 24.6 Å². The van der Waals surface area contributed by atoms with Crippen molar-refractivity contribution in [3.63, 3.8) is 0 Å². The van der Waals surface area contributed by atoms with Gasteiger partial charge in [0, 0.05) is 5.56 Å². The lowest BCUT2D eigenvalue weighted by Gasteiger charge is -2.42. The van der Waals surface area contributed by atoms with Gasteiger partial charge in [0.15, 0.2) is 0 Å². The minimum Gasteiger partial charge on any atom is -1.00 e. The molecule has 0 aliphatic carbocycles. The summed E-state index contributed by atoms with van der Waals surface area (Å²) < 4.78 is 0.809. The second kappa shape index (κ2) is 20.7. The van der Waals surface area contributed by atoms with E-state index in [1.54, 1.807) is 0 Å². The number of aliphatic hydroxyl groups excluding tert-OH is 2. The van der Waals surface area contributed by atoms with Crippen LogP contribution in [-0.2, 0) is 6.54 Å². The molecule has 0 bridgehead atoms. The number of unbranched alkanes of at least 4 members (excludes halogenated alkanes) is 9. The van der Waals surface area contributed by atoms with E-state index in [1.807, 2.05) is 0 Å².